The molecule has 0 fully saturated rings. The zero-order valence-corrected chi connectivity index (χ0v) is 7.94. The van der Waals surface area contributed by atoms with E-state index in [1.807, 2.05) is 0 Å². The van der Waals surface area contributed by atoms with E-state index in [1.54, 1.807) is 14.0 Å². The SMILES string of the molecule is CC#Cc1nc([N+](=O)[O-])c(CN)n1C. The molecule has 1 aromatic heterocycles. The number of nitrogens with two attached hydrogens (primary N) is 1. The van der Waals surface area contributed by atoms with Crippen LogP contribution in [0, 0.1) is 22.0 Å². The van der Waals surface area contributed by atoms with Gasteiger partial charge in [-0.25, -0.2) is 0 Å². The first-order valence-electron chi connectivity index (χ1n) is 3.94. The van der Waals surface area contributed by atoms with Gasteiger partial charge in [-0.3, -0.25) is 4.57 Å². The third kappa shape index (κ3) is 1.58. The predicted octanol–water partition coefficient (Wildman–Crippen LogP) is 0.158. The fraction of sp³-hybridized carbons (Fsp3) is 0.375. The third-order valence-corrected chi connectivity index (χ3v) is 1.80. The summed E-state index contributed by atoms with van der Waals surface area (Å²) >= 11 is 0. The Morgan fingerprint density at radius 3 is 2.71 bits per heavy atom. The second-order valence-electron chi connectivity index (χ2n) is 2.60. The highest BCUT2D eigenvalue weighted by molar-refractivity contribution is 5.36. The van der Waals surface area contributed by atoms with Crippen LogP contribution in [-0.4, -0.2) is 14.5 Å². The highest BCUT2D eigenvalue weighted by Gasteiger charge is 2.23. The molecule has 0 aromatic carbocycles. The monoisotopic (exact) mass is 194 g/mol. The van der Waals surface area contributed by atoms with Crippen molar-refractivity contribution in [2.45, 2.75) is 13.5 Å². The van der Waals surface area contributed by atoms with Crippen LogP contribution in [0.4, 0.5) is 5.82 Å². The second-order valence-corrected chi connectivity index (χ2v) is 2.60. The number of nitrogens with zero attached hydrogens (tertiary/aromatic N) is 3. The summed E-state index contributed by atoms with van der Waals surface area (Å²) in [6.07, 6.45) is 0. The van der Waals surface area contributed by atoms with Crippen molar-refractivity contribution in [2.24, 2.45) is 12.8 Å². The third-order valence-electron chi connectivity index (χ3n) is 1.80. The maximum absolute atomic E-state index is 10.6. The van der Waals surface area contributed by atoms with Crippen molar-refractivity contribution in [1.82, 2.24) is 9.55 Å². The average molecular weight is 194 g/mol. The number of hydrogen-bond donors (Lipinski definition) is 1. The highest BCUT2D eigenvalue weighted by atomic mass is 16.6. The van der Waals surface area contributed by atoms with Crippen LogP contribution in [0.3, 0.4) is 0 Å². The minimum Gasteiger partial charge on any atom is -0.358 e. The van der Waals surface area contributed by atoms with Gasteiger partial charge in [0.05, 0.1) is 0 Å². The summed E-state index contributed by atoms with van der Waals surface area (Å²) in [5.41, 5.74) is 5.77. The van der Waals surface area contributed by atoms with Crippen LogP contribution >= 0.6 is 0 Å². The van der Waals surface area contributed by atoms with E-state index in [-0.39, 0.29) is 12.4 Å². The first kappa shape index (κ1) is 10.2. The van der Waals surface area contributed by atoms with E-state index >= 15 is 0 Å². The quantitative estimate of drug-likeness (QED) is 0.412. The van der Waals surface area contributed by atoms with Crippen molar-refractivity contribution >= 4 is 5.82 Å². The van der Waals surface area contributed by atoms with Gasteiger partial charge in [0.15, 0.2) is 0 Å². The lowest BCUT2D eigenvalue weighted by Crippen LogP contribution is -2.06. The van der Waals surface area contributed by atoms with Crippen molar-refractivity contribution in [1.29, 1.82) is 0 Å². The molecule has 0 aliphatic heterocycles. The second kappa shape index (κ2) is 3.89. The fourth-order valence-electron chi connectivity index (χ4n) is 1.12. The highest BCUT2D eigenvalue weighted by Crippen LogP contribution is 2.16. The minimum atomic E-state index is -0.553. The Morgan fingerprint density at radius 2 is 2.36 bits per heavy atom. The summed E-state index contributed by atoms with van der Waals surface area (Å²) in [4.78, 5) is 13.8. The predicted molar refractivity (Wildman–Crippen MR) is 50.3 cm³/mol. The lowest BCUT2D eigenvalue weighted by Gasteiger charge is -1.96. The molecule has 0 saturated carbocycles. The van der Waals surface area contributed by atoms with Crippen molar-refractivity contribution < 1.29 is 4.92 Å². The number of hydrogen-bond acceptors (Lipinski definition) is 4. The molecule has 6 nitrogen and oxygen atoms in total. The van der Waals surface area contributed by atoms with Gasteiger partial charge in [-0.15, -0.1) is 0 Å². The fourth-order valence-corrected chi connectivity index (χ4v) is 1.12. The molecular formula is C8H10N4O2. The number of imidazole rings is 1. The van der Waals surface area contributed by atoms with Gasteiger partial charge in [0, 0.05) is 13.6 Å². The van der Waals surface area contributed by atoms with E-state index in [0.717, 1.165) is 0 Å². The molecule has 0 spiro atoms. The van der Waals surface area contributed by atoms with E-state index < -0.39 is 4.92 Å². The molecule has 6 heteroatoms. The molecule has 0 unspecified atom stereocenters. The molecule has 1 rings (SSSR count). The van der Waals surface area contributed by atoms with Crippen LogP contribution in [0.15, 0.2) is 0 Å². The lowest BCUT2D eigenvalue weighted by molar-refractivity contribution is -0.390. The maximum atomic E-state index is 10.6. The smallest absolute Gasteiger partial charge is 0.358 e. The van der Waals surface area contributed by atoms with E-state index in [1.165, 1.54) is 4.57 Å². The van der Waals surface area contributed by atoms with Gasteiger partial charge >= 0.3 is 5.82 Å². The van der Waals surface area contributed by atoms with Crippen molar-refractivity contribution in [3.63, 3.8) is 0 Å². The molecule has 0 radical (unpaired) electrons. The molecular weight excluding hydrogens is 184 g/mol. The van der Waals surface area contributed by atoms with Gasteiger partial charge in [-0.2, -0.15) is 0 Å². The first-order chi connectivity index (χ1) is 6.61. The van der Waals surface area contributed by atoms with Crippen LogP contribution < -0.4 is 5.73 Å². The van der Waals surface area contributed by atoms with Gasteiger partial charge in [-0.05, 0) is 22.8 Å². The van der Waals surface area contributed by atoms with E-state index in [2.05, 4.69) is 16.8 Å². The molecule has 2 N–H and O–H groups in total. The first-order valence-corrected chi connectivity index (χ1v) is 3.94. The zero-order valence-electron chi connectivity index (χ0n) is 7.94. The molecule has 0 atom stereocenters. The molecule has 74 valence electrons. The molecule has 1 aromatic rings. The van der Waals surface area contributed by atoms with Gasteiger partial charge in [0.25, 0.3) is 5.82 Å². The minimum absolute atomic E-state index is 0.0746. The lowest BCUT2D eigenvalue weighted by atomic mass is 10.4. The number of nitro groups is 1. The standard InChI is InChI=1S/C8H10N4O2/c1-3-4-7-10-8(12(13)14)6(5-9)11(7)2/h5,9H2,1-2H3. The summed E-state index contributed by atoms with van der Waals surface area (Å²) in [5, 5.41) is 10.6. The zero-order chi connectivity index (χ0) is 10.7. The van der Waals surface area contributed by atoms with Crippen LogP contribution in [0.5, 0.6) is 0 Å². The molecule has 0 bridgehead atoms. The van der Waals surface area contributed by atoms with Gasteiger partial charge in [0.1, 0.15) is 5.69 Å². The Labute approximate surface area is 80.9 Å². The van der Waals surface area contributed by atoms with Crippen LogP contribution in [0.25, 0.3) is 0 Å². The maximum Gasteiger partial charge on any atom is 0.387 e. The number of rotatable bonds is 2. The Bertz CT molecular complexity index is 425. The van der Waals surface area contributed by atoms with Gasteiger partial charge in [-0.1, -0.05) is 5.92 Å². The van der Waals surface area contributed by atoms with Crippen LogP contribution in [0.2, 0.25) is 0 Å². The Morgan fingerprint density at radius 1 is 1.71 bits per heavy atom. The number of aromatic nitrogens is 2. The summed E-state index contributed by atoms with van der Waals surface area (Å²) in [6.45, 7) is 1.72. The van der Waals surface area contributed by atoms with E-state index in [0.29, 0.717) is 11.5 Å². The molecule has 14 heavy (non-hydrogen) atoms. The average Bonchev–Trinajstić information content (AvgIpc) is 2.44. The Hall–Kier alpha value is -1.87. The Balaban J connectivity index is 3.36. The van der Waals surface area contributed by atoms with Crippen molar-refractivity contribution in [2.75, 3.05) is 0 Å². The topological polar surface area (TPSA) is 87.0 Å². The summed E-state index contributed by atoms with van der Waals surface area (Å²) in [7, 11) is 1.65. The molecule has 0 amide bonds. The van der Waals surface area contributed by atoms with Crippen molar-refractivity contribution in [3.05, 3.63) is 21.6 Å². The van der Waals surface area contributed by atoms with Crippen LogP contribution in [-0.2, 0) is 13.6 Å². The molecule has 0 aliphatic carbocycles. The van der Waals surface area contributed by atoms with Crippen molar-refractivity contribution in [3.8, 4) is 11.8 Å². The summed E-state index contributed by atoms with van der Waals surface area (Å²) in [6, 6.07) is 0. The molecule has 1 heterocycles. The van der Waals surface area contributed by atoms with E-state index in [4.69, 9.17) is 5.73 Å². The summed E-state index contributed by atoms with van der Waals surface area (Å²) in [5.74, 6) is 5.45. The normalized spacial score (nSPS) is 9.36. The largest absolute Gasteiger partial charge is 0.387 e. The summed E-state index contributed by atoms with van der Waals surface area (Å²) < 4.78 is 1.54. The molecule has 0 aliphatic rings. The van der Waals surface area contributed by atoms with Crippen LogP contribution in [0.1, 0.15) is 18.4 Å². The molecule has 0 saturated heterocycles. The van der Waals surface area contributed by atoms with Gasteiger partial charge < -0.3 is 15.8 Å². The Kier molecular flexibility index (Phi) is 2.84. The van der Waals surface area contributed by atoms with Gasteiger partial charge in [0.2, 0.25) is 0 Å². The van der Waals surface area contributed by atoms with E-state index in [9.17, 15) is 10.1 Å².